The van der Waals surface area contributed by atoms with Crippen LogP contribution in [0.4, 0.5) is 0 Å². The Morgan fingerprint density at radius 1 is 1.11 bits per heavy atom. The summed E-state index contributed by atoms with van der Waals surface area (Å²) in [5.41, 5.74) is 0. The summed E-state index contributed by atoms with van der Waals surface area (Å²) in [5, 5.41) is 0. The maximum atomic E-state index is 11.8. The first-order valence-corrected chi connectivity index (χ1v) is 7.99. The molecule has 2 nitrogen and oxygen atoms in total. The highest BCUT2D eigenvalue weighted by Crippen LogP contribution is 2.43. The smallest absolute Gasteiger partial charge is 0.136 e. The van der Waals surface area contributed by atoms with Gasteiger partial charge in [0.2, 0.25) is 0 Å². The first-order chi connectivity index (χ1) is 8.70. The lowest BCUT2D eigenvalue weighted by atomic mass is 9.80. The molecule has 3 fully saturated rings. The monoisotopic (exact) mass is 249 g/mol. The predicted molar refractivity (Wildman–Crippen MR) is 73.5 cm³/mol. The van der Waals surface area contributed by atoms with E-state index >= 15 is 0 Å². The van der Waals surface area contributed by atoms with E-state index in [1.807, 2.05) is 0 Å². The summed E-state index contributed by atoms with van der Waals surface area (Å²) in [6.07, 6.45) is 9.68. The topological polar surface area (TPSA) is 20.3 Å². The Hall–Kier alpha value is -0.370. The quantitative estimate of drug-likeness (QED) is 0.747. The van der Waals surface area contributed by atoms with Crippen LogP contribution in [0.15, 0.2) is 0 Å². The summed E-state index contributed by atoms with van der Waals surface area (Å²) in [7, 11) is 0. The van der Waals surface area contributed by atoms with Crippen LogP contribution < -0.4 is 0 Å². The normalized spacial score (nSPS) is 45.4. The van der Waals surface area contributed by atoms with Crippen molar-refractivity contribution in [2.24, 2.45) is 11.8 Å². The summed E-state index contributed by atoms with van der Waals surface area (Å²) in [6.45, 7) is 4.79. The molecular formula is C16H27NO. The van der Waals surface area contributed by atoms with Crippen molar-refractivity contribution in [3.8, 4) is 0 Å². The minimum Gasteiger partial charge on any atom is -0.300 e. The number of ketones is 1. The molecule has 0 N–H and O–H groups in total. The summed E-state index contributed by atoms with van der Waals surface area (Å²) in [4.78, 5) is 14.6. The largest absolute Gasteiger partial charge is 0.300 e. The molecule has 2 bridgehead atoms. The number of nitrogens with zero attached hydrogens (tertiary/aromatic N) is 1. The van der Waals surface area contributed by atoms with Gasteiger partial charge in [0.1, 0.15) is 5.78 Å². The van der Waals surface area contributed by atoms with E-state index in [1.54, 1.807) is 0 Å². The minimum absolute atomic E-state index is 0.527. The minimum atomic E-state index is 0.527. The zero-order valence-corrected chi connectivity index (χ0v) is 11.9. The fraction of sp³-hybridized carbons (Fsp3) is 0.938. The lowest BCUT2D eigenvalue weighted by Crippen LogP contribution is -2.57. The van der Waals surface area contributed by atoms with E-state index in [1.165, 1.54) is 38.5 Å². The van der Waals surface area contributed by atoms with Gasteiger partial charge in [0.25, 0.3) is 0 Å². The van der Waals surface area contributed by atoms with Gasteiger partial charge in [-0.05, 0) is 37.5 Å². The van der Waals surface area contributed by atoms with Gasteiger partial charge in [0, 0.05) is 31.0 Å². The van der Waals surface area contributed by atoms with Crippen molar-refractivity contribution in [2.75, 3.05) is 0 Å². The van der Waals surface area contributed by atoms with Gasteiger partial charge in [0.05, 0.1) is 0 Å². The van der Waals surface area contributed by atoms with Crippen LogP contribution in [-0.2, 0) is 4.79 Å². The number of piperidine rings is 2. The molecule has 5 unspecified atom stereocenters. The Morgan fingerprint density at radius 2 is 1.78 bits per heavy atom. The lowest BCUT2D eigenvalue weighted by molar-refractivity contribution is -0.129. The molecule has 0 radical (unpaired) electrons. The van der Waals surface area contributed by atoms with E-state index in [4.69, 9.17) is 0 Å². The van der Waals surface area contributed by atoms with Crippen molar-refractivity contribution in [2.45, 2.75) is 83.3 Å². The van der Waals surface area contributed by atoms with Gasteiger partial charge in [-0.2, -0.15) is 0 Å². The molecule has 2 heterocycles. The number of hydrogen-bond acceptors (Lipinski definition) is 2. The SMILES string of the molecule is CCC1CCC(N2C3CCCC2CC(=O)C3)C1C. The Labute approximate surface area is 111 Å². The fourth-order valence-corrected chi connectivity index (χ4v) is 4.97. The molecule has 2 aliphatic heterocycles. The Morgan fingerprint density at radius 3 is 2.33 bits per heavy atom. The van der Waals surface area contributed by atoms with Crippen molar-refractivity contribution < 1.29 is 4.79 Å². The molecule has 102 valence electrons. The van der Waals surface area contributed by atoms with Crippen LogP contribution in [0, 0.1) is 11.8 Å². The predicted octanol–water partition coefficient (Wildman–Crippen LogP) is 3.40. The molecule has 0 aromatic heterocycles. The second-order valence-electron chi connectivity index (χ2n) is 6.80. The van der Waals surface area contributed by atoms with E-state index in [0.29, 0.717) is 17.9 Å². The highest BCUT2D eigenvalue weighted by Gasteiger charge is 2.45. The van der Waals surface area contributed by atoms with Crippen LogP contribution in [0.5, 0.6) is 0 Å². The van der Waals surface area contributed by atoms with E-state index in [-0.39, 0.29) is 0 Å². The van der Waals surface area contributed by atoms with Gasteiger partial charge in [-0.1, -0.05) is 26.7 Å². The van der Waals surface area contributed by atoms with Crippen LogP contribution in [0.25, 0.3) is 0 Å². The third-order valence-electron chi connectivity index (χ3n) is 5.94. The highest BCUT2D eigenvalue weighted by atomic mass is 16.1. The molecule has 0 amide bonds. The number of hydrogen-bond donors (Lipinski definition) is 0. The van der Waals surface area contributed by atoms with Crippen molar-refractivity contribution in [3.05, 3.63) is 0 Å². The molecule has 5 atom stereocenters. The van der Waals surface area contributed by atoms with Gasteiger partial charge in [0.15, 0.2) is 0 Å². The number of carbonyl (C=O) groups excluding carboxylic acids is 1. The van der Waals surface area contributed by atoms with E-state index in [2.05, 4.69) is 18.7 Å². The van der Waals surface area contributed by atoms with Gasteiger partial charge in [-0.3, -0.25) is 9.69 Å². The van der Waals surface area contributed by atoms with Gasteiger partial charge < -0.3 is 0 Å². The second kappa shape index (κ2) is 4.96. The third kappa shape index (κ3) is 2.03. The molecule has 0 spiro atoms. The number of Topliss-reactive ketones (excluding diaryl/α,β-unsaturated/α-hetero) is 1. The first kappa shape index (κ1) is 12.7. The molecule has 3 aliphatic rings. The average Bonchev–Trinajstić information content (AvgIpc) is 2.69. The summed E-state index contributed by atoms with van der Waals surface area (Å²) >= 11 is 0. The second-order valence-corrected chi connectivity index (χ2v) is 6.80. The van der Waals surface area contributed by atoms with Crippen molar-refractivity contribution in [3.63, 3.8) is 0 Å². The number of carbonyl (C=O) groups is 1. The van der Waals surface area contributed by atoms with Crippen LogP contribution in [0.1, 0.15) is 65.2 Å². The molecule has 0 aromatic carbocycles. The standard InChI is InChI=1S/C16H27NO/c1-3-12-7-8-16(11(12)2)17-13-5-4-6-14(17)10-15(18)9-13/h11-14,16H,3-10H2,1-2H3. The van der Waals surface area contributed by atoms with E-state index < -0.39 is 0 Å². The van der Waals surface area contributed by atoms with E-state index in [0.717, 1.165) is 30.7 Å². The molecular weight excluding hydrogens is 222 g/mol. The highest BCUT2D eigenvalue weighted by molar-refractivity contribution is 5.80. The molecule has 2 heteroatoms. The average molecular weight is 249 g/mol. The summed E-state index contributed by atoms with van der Waals surface area (Å²) in [6, 6.07) is 1.96. The first-order valence-electron chi connectivity index (χ1n) is 7.99. The Bertz CT molecular complexity index is 311. The maximum Gasteiger partial charge on any atom is 0.136 e. The van der Waals surface area contributed by atoms with Crippen molar-refractivity contribution in [1.29, 1.82) is 0 Å². The Balaban J connectivity index is 1.77. The maximum absolute atomic E-state index is 11.8. The zero-order chi connectivity index (χ0) is 12.7. The fourth-order valence-electron chi connectivity index (χ4n) is 4.97. The van der Waals surface area contributed by atoms with Crippen LogP contribution in [0.2, 0.25) is 0 Å². The zero-order valence-electron chi connectivity index (χ0n) is 11.9. The number of fused-ring (bicyclic) bond motifs is 2. The molecule has 1 saturated carbocycles. The van der Waals surface area contributed by atoms with Crippen LogP contribution in [0.3, 0.4) is 0 Å². The van der Waals surface area contributed by atoms with Gasteiger partial charge in [-0.25, -0.2) is 0 Å². The van der Waals surface area contributed by atoms with Gasteiger partial charge >= 0.3 is 0 Å². The Kier molecular flexibility index (Phi) is 3.48. The van der Waals surface area contributed by atoms with Crippen molar-refractivity contribution >= 4 is 5.78 Å². The lowest BCUT2D eigenvalue weighted by Gasteiger charge is -2.50. The third-order valence-corrected chi connectivity index (χ3v) is 5.94. The van der Waals surface area contributed by atoms with Crippen molar-refractivity contribution in [1.82, 2.24) is 4.90 Å². The molecule has 1 aliphatic carbocycles. The molecule has 0 aromatic rings. The molecule has 2 saturated heterocycles. The van der Waals surface area contributed by atoms with Crippen LogP contribution >= 0.6 is 0 Å². The van der Waals surface area contributed by atoms with Crippen LogP contribution in [-0.4, -0.2) is 28.8 Å². The summed E-state index contributed by atoms with van der Waals surface area (Å²) < 4.78 is 0. The van der Waals surface area contributed by atoms with Gasteiger partial charge in [-0.15, -0.1) is 0 Å². The molecule has 3 rings (SSSR count). The van der Waals surface area contributed by atoms with E-state index in [9.17, 15) is 4.79 Å². The number of rotatable bonds is 2. The molecule has 18 heavy (non-hydrogen) atoms. The summed E-state index contributed by atoms with van der Waals surface area (Å²) in [5.74, 6) is 2.29.